The highest BCUT2D eigenvalue weighted by Crippen LogP contribution is 2.34. The van der Waals surface area contributed by atoms with E-state index in [4.69, 9.17) is 9.47 Å². The molecule has 0 aliphatic rings. The SMILES string of the molecule is COc1cccc(-c2cccc(Oc3ccc(N=O)cc3S(=O)(=O)NC(=O)NC(C)(C)C)c2)c1. The number of nitroso groups, excluding NO2 is 1. The predicted octanol–water partition coefficient (Wildman–Crippen LogP) is 5.34. The molecule has 9 nitrogen and oxygen atoms in total. The maximum Gasteiger partial charge on any atom is 0.329 e. The minimum atomic E-state index is -4.39. The number of carbonyl (C=O) groups is 1. The van der Waals surface area contributed by atoms with Crippen molar-refractivity contribution in [3.05, 3.63) is 71.6 Å². The molecular formula is C24H25N3O6S. The molecule has 0 aliphatic heterocycles. The van der Waals surface area contributed by atoms with Crippen LogP contribution in [0.3, 0.4) is 0 Å². The Bertz CT molecular complexity index is 1320. The normalized spacial score (nSPS) is 11.4. The van der Waals surface area contributed by atoms with Crippen LogP contribution in [0.15, 0.2) is 76.8 Å². The Morgan fingerprint density at radius 1 is 0.912 bits per heavy atom. The molecule has 3 rings (SSSR count). The van der Waals surface area contributed by atoms with Crippen molar-refractivity contribution >= 4 is 21.7 Å². The molecule has 2 N–H and O–H groups in total. The fraction of sp³-hybridized carbons (Fsp3) is 0.208. The van der Waals surface area contributed by atoms with Gasteiger partial charge in [0.15, 0.2) is 0 Å². The summed E-state index contributed by atoms with van der Waals surface area (Å²) in [6.45, 7) is 5.12. The second-order valence-corrected chi connectivity index (χ2v) is 10.0. The number of sulfonamides is 1. The Balaban J connectivity index is 1.95. The summed E-state index contributed by atoms with van der Waals surface area (Å²) in [5.74, 6) is 0.961. The lowest BCUT2D eigenvalue weighted by atomic mass is 10.1. The van der Waals surface area contributed by atoms with Crippen LogP contribution in [0.4, 0.5) is 10.5 Å². The third-order valence-corrected chi connectivity index (χ3v) is 5.85. The van der Waals surface area contributed by atoms with Crippen molar-refractivity contribution in [2.24, 2.45) is 5.18 Å². The van der Waals surface area contributed by atoms with Gasteiger partial charge in [-0.3, -0.25) is 0 Å². The molecule has 0 saturated carbocycles. The number of nitrogens with one attached hydrogen (secondary N) is 2. The number of rotatable bonds is 7. The molecule has 0 heterocycles. The molecule has 10 heteroatoms. The summed E-state index contributed by atoms with van der Waals surface area (Å²) in [6.07, 6.45) is 0. The highest BCUT2D eigenvalue weighted by molar-refractivity contribution is 7.90. The zero-order valence-corrected chi connectivity index (χ0v) is 20.0. The van der Waals surface area contributed by atoms with Crippen LogP contribution in [0.1, 0.15) is 20.8 Å². The van der Waals surface area contributed by atoms with Crippen molar-refractivity contribution in [3.8, 4) is 28.4 Å². The topological polar surface area (TPSA) is 123 Å². The van der Waals surface area contributed by atoms with Gasteiger partial charge < -0.3 is 14.8 Å². The Hall–Kier alpha value is -3.92. The zero-order chi connectivity index (χ0) is 24.9. The molecule has 0 bridgehead atoms. The minimum Gasteiger partial charge on any atom is -0.497 e. The lowest BCUT2D eigenvalue weighted by molar-refractivity contribution is 0.237. The summed E-state index contributed by atoms with van der Waals surface area (Å²) < 4.78 is 39.0. The third kappa shape index (κ3) is 6.32. The second kappa shape index (κ2) is 9.92. The van der Waals surface area contributed by atoms with Crippen LogP contribution in [0.5, 0.6) is 17.2 Å². The van der Waals surface area contributed by atoms with Gasteiger partial charge in [-0.1, -0.05) is 24.3 Å². The largest absolute Gasteiger partial charge is 0.497 e. The van der Waals surface area contributed by atoms with Gasteiger partial charge in [0.05, 0.1) is 7.11 Å². The summed E-state index contributed by atoms with van der Waals surface area (Å²) in [5.41, 5.74) is 0.897. The molecule has 0 atom stereocenters. The van der Waals surface area contributed by atoms with Crippen molar-refractivity contribution in [2.75, 3.05) is 7.11 Å². The van der Waals surface area contributed by atoms with Crippen molar-refractivity contribution in [1.82, 2.24) is 10.0 Å². The summed E-state index contributed by atoms with van der Waals surface area (Å²) in [7, 11) is -2.81. The molecule has 0 aliphatic carbocycles. The lowest BCUT2D eigenvalue weighted by Gasteiger charge is -2.21. The molecular weight excluding hydrogens is 458 g/mol. The summed E-state index contributed by atoms with van der Waals surface area (Å²) in [5, 5.41) is 5.30. The van der Waals surface area contributed by atoms with Gasteiger partial charge in [0.2, 0.25) is 0 Å². The van der Waals surface area contributed by atoms with E-state index < -0.39 is 26.5 Å². The first-order chi connectivity index (χ1) is 16.0. The summed E-state index contributed by atoms with van der Waals surface area (Å²) in [4.78, 5) is 22.8. The number of hydrogen-bond donors (Lipinski definition) is 2. The van der Waals surface area contributed by atoms with Gasteiger partial charge in [-0.15, -0.1) is 4.91 Å². The van der Waals surface area contributed by atoms with E-state index in [1.165, 1.54) is 12.1 Å². The molecule has 2 amide bonds. The van der Waals surface area contributed by atoms with Crippen molar-refractivity contribution in [2.45, 2.75) is 31.2 Å². The summed E-state index contributed by atoms with van der Waals surface area (Å²) >= 11 is 0. The first-order valence-electron chi connectivity index (χ1n) is 10.3. The molecule has 178 valence electrons. The molecule has 3 aromatic carbocycles. The van der Waals surface area contributed by atoms with E-state index in [2.05, 4.69) is 10.5 Å². The number of benzene rings is 3. The van der Waals surface area contributed by atoms with E-state index in [9.17, 15) is 18.1 Å². The first-order valence-corrected chi connectivity index (χ1v) is 11.7. The number of carbonyl (C=O) groups excluding carboxylic acids is 1. The number of urea groups is 1. The molecule has 0 unspecified atom stereocenters. The van der Waals surface area contributed by atoms with Crippen LogP contribution in [0.2, 0.25) is 0 Å². The Labute approximate surface area is 198 Å². The van der Waals surface area contributed by atoms with E-state index in [-0.39, 0.29) is 11.4 Å². The first kappa shape index (κ1) is 24.7. The number of amides is 2. The van der Waals surface area contributed by atoms with E-state index in [0.717, 1.165) is 17.2 Å². The van der Waals surface area contributed by atoms with Gasteiger partial charge in [-0.2, -0.15) is 0 Å². The van der Waals surface area contributed by atoms with Crippen LogP contribution >= 0.6 is 0 Å². The predicted molar refractivity (Wildman–Crippen MR) is 129 cm³/mol. The Morgan fingerprint density at radius 3 is 2.12 bits per heavy atom. The van der Waals surface area contributed by atoms with Gasteiger partial charge >= 0.3 is 6.03 Å². The number of ether oxygens (including phenoxy) is 2. The quantitative estimate of drug-likeness (QED) is 0.437. The number of methoxy groups -OCH3 is 1. The third-order valence-electron chi connectivity index (χ3n) is 4.50. The Kier molecular flexibility index (Phi) is 7.21. The van der Waals surface area contributed by atoms with E-state index in [1.807, 2.05) is 35.1 Å². The van der Waals surface area contributed by atoms with Crippen LogP contribution in [0, 0.1) is 4.91 Å². The highest BCUT2D eigenvalue weighted by Gasteiger charge is 2.25. The van der Waals surface area contributed by atoms with Crippen molar-refractivity contribution in [3.63, 3.8) is 0 Å². The van der Waals surface area contributed by atoms with Gasteiger partial charge in [0.25, 0.3) is 10.0 Å². The zero-order valence-electron chi connectivity index (χ0n) is 19.2. The molecule has 34 heavy (non-hydrogen) atoms. The maximum atomic E-state index is 13.0. The Morgan fingerprint density at radius 2 is 1.53 bits per heavy atom. The fourth-order valence-electron chi connectivity index (χ4n) is 3.06. The van der Waals surface area contributed by atoms with Gasteiger partial charge in [0, 0.05) is 5.54 Å². The number of hydrogen-bond acceptors (Lipinski definition) is 7. The fourth-order valence-corrected chi connectivity index (χ4v) is 4.12. The van der Waals surface area contributed by atoms with Gasteiger partial charge in [-0.05, 0) is 79.5 Å². The summed E-state index contributed by atoms with van der Waals surface area (Å²) in [6, 6.07) is 17.2. The molecule has 0 fully saturated rings. The molecule has 0 saturated heterocycles. The van der Waals surface area contributed by atoms with Crippen molar-refractivity contribution < 1.29 is 22.7 Å². The van der Waals surface area contributed by atoms with Gasteiger partial charge in [-0.25, -0.2) is 17.9 Å². The van der Waals surface area contributed by atoms with Crippen molar-refractivity contribution in [1.29, 1.82) is 0 Å². The minimum absolute atomic E-state index is 0.0775. The number of nitrogens with zero attached hydrogens (tertiary/aromatic N) is 1. The van der Waals surface area contributed by atoms with E-state index in [1.54, 1.807) is 46.1 Å². The van der Waals surface area contributed by atoms with Crippen LogP contribution < -0.4 is 19.5 Å². The average molecular weight is 484 g/mol. The average Bonchev–Trinajstić information content (AvgIpc) is 2.77. The van der Waals surface area contributed by atoms with E-state index in [0.29, 0.717) is 11.5 Å². The smallest absolute Gasteiger partial charge is 0.329 e. The highest BCUT2D eigenvalue weighted by atomic mass is 32.2. The van der Waals surface area contributed by atoms with Gasteiger partial charge in [0.1, 0.15) is 27.8 Å². The molecule has 3 aromatic rings. The van der Waals surface area contributed by atoms with Crippen LogP contribution in [-0.2, 0) is 10.0 Å². The van der Waals surface area contributed by atoms with Crippen LogP contribution in [0.25, 0.3) is 11.1 Å². The monoisotopic (exact) mass is 483 g/mol. The second-order valence-electron chi connectivity index (χ2n) is 8.39. The molecule has 0 spiro atoms. The lowest BCUT2D eigenvalue weighted by Crippen LogP contribution is -2.48. The maximum absolute atomic E-state index is 13.0. The standard InChI is InChI=1S/C24H25N3O6S/c1-24(2,3)25-23(28)27-34(30,31)22-15-18(26-29)11-12-21(22)33-20-10-6-8-17(14-20)16-7-5-9-19(13-16)32-4/h5-15H,1-4H3,(H2,25,27,28). The van der Waals surface area contributed by atoms with Crippen LogP contribution in [-0.4, -0.2) is 27.1 Å². The molecule has 0 radical (unpaired) electrons. The van der Waals surface area contributed by atoms with E-state index >= 15 is 0 Å². The molecule has 0 aromatic heterocycles.